The summed E-state index contributed by atoms with van der Waals surface area (Å²) in [6, 6.07) is 4.78. The van der Waals surface area contributed by atoms with Crippen molar-refractivity contribution in [2.45, 2.75) is 25.1 Å². The van der Waals surface area contributed by atoms with E-state index in [1.165, 1.54) is 23.5 Å². The number of aromatic nitrogens is 3. The van der Waals surface area contributed by atoms with Crippen LogP contribution in [0.15, 0.2) is 35.8 Å². The van der Waals surface area contributed by atoms with Gasteiger partial charge in [-0.2, -0.15) is 13.2 Å². The summed E-state index contributed by atoms with van der Waals surface area (Å²) in [5, 5.41) is 14.2. The van der Waals surface area contributed by atoms with Gasteiger partial charge in [-0.15, -0.1) is 11.3 Å². The number of nitrogens with zero attached hydrogens (tertiary/aromatic N) is 2. The number of aryl methyl sites for hydroxylation is 1. The summed E-state index contributed by atoms with van der Waals surface area (Å²) in [6.45, 7) is 0.222. The van der Waals surface area contributed by atoms with Crippen molar-refractivity contribution in [3.8, 4) is 11.4 Å². The number of hydrogen-bond donors (Lipinski definition) is 4. The molecule has 0 aliphatic rings. The van der Waals surface area contributed by atoms with Crippen LogP contribution in [0.2, 0.25) is 0 Å². The van der Waals surface area contributed by atoms with Gasteiger partial charge in [0.2, 0.25) is 0 Å². The molecule has 1 unspecified atom stereocenters. The molecule has 0 aliphatic heterocycles. The van der Waals surface area contributed by atoms with Crippen LogP contribution >= 0.6 is 11.3 Å². The van der Waals surface area contributed by atoms with E-state index in [0.717, 1.165) is 18.0 Å². The highest BCUT2D eigenvalue weighted by atomic mass is 32.1. The van der Waals surface area contributed by atoms with E-state index in [9.17, 15) is 18.0 Å². The molecule has 160 valence electrons. The quantitative estimate of drug-likeness (QED) is 0.431. The first-order valence-corrected chi connectivity index (χ1v) is 9.98. The third-order valence-corrected chi connectivity index (χ3v) is 5.30. The molecular weight excluding hydrogens is 419 g/mol. The number of alkyl halides is 3. The molecule has 3 aromatic heterocycles. The van der Waals surface area contributed by atoms with Gasteiger partial charge in [-0.3, -0.25) is 9.78 Å². The van der Waals surface area contributed by atoms with Crippen molar-refractivity contribution in [3.63, 3.8) is 0 Å². The zero-order chi connectivity index (χ0) is 21.7. The SMILES string of the molecule is NCC(NC(=O)c1ccc(-c2ccc(C(F)(F)F)cn2)[nH]1)c1nc(CCCO)cs1. The predicted molar refractivity (Wildman–Crippen MR) is 106 cm³/mol. The van der Waals surface area contributed by atoms with Gasteiger partial charge in [0.1, 0.15) is 10.7 Å². The second-order valence-electron chi connectivity index (χ2n) is 6.48. The molecule has 0 aromatic carbocycles. The number of thiazole rings is 1. The third kappa shape index (κ3) is 5.23. The monoisotopic (exact) mass is 439 g/mol. The van der Waals surface area contributed by atoms with E-state index >= 15 is 0 Å². The van der Waals surface area contributed by atoms with Crippen molar-refractivity contribution in [2.75, 3.05) is 13.2 Å². The highest BCUT2D eigenvalue weighted by Crippen LogP contribution is 2.29. The van der Waals surface area contributed by atoms with Crippen molar-refractivity contribution in [1.82, 2.24) is 20.3 Å². The Labute approximate surface area is 174 Å². The van der Waals surface area contributed by atoms with Crippen LogP contribution in [0.25, 0.3) is 11.4 Å². The summed E-state index contributed by atoms with van der Waals surface area (Å²) in [7, 11) is 0. The average molecular weight is 439 g/mol. The Hall–Kier alpha value is -2.76. The van der Waals surface area contributed by atoms with Gasteiger partial charge in [0, 0.05) is 24.7 Å². The number of rotatable bonds is 8. The molecule has 0 saturated heterocycles. The molecule has 1 atom stereocenters. The number of nitrogens with two attached hydrogens (primary N) is 1. The number of aliphatic hydroxyl groups excluding tert-OH is 1. The molecule has 0 bridgehead atoms. The highest BCUT2D eigenvalue weighted by Gasteiger charge is 2.30. The minimum absolute atomic E-state index is 0.0763. The van der Waals surface area contributed by atoms with Crippen molar-refractivity contribution >= 4 is 17.2 Å². The molecule has 1 amide bonds. The Morgan fingerprint density at radius 3 is 2.73 bits per heavy atom. The molecule has 0 fully saturated rings. The molecule has 0 spiro atoms. The van der Waals surface area contributed by atoms with Gasteiger partial charge in [-0.1, -0.05) is 0 Å². The van der Waals surface area contributed by atoms with E-state index in [0.29, 0.717) is 23.5 Å². The Morgan fingerprint density at radius 1 is 1.30 bits per heavy atom. The molecule has 0 radical (unpaired) electrons. The van der Waals surface area contributed by atoms with E-state index in [-0.39, 0.29) is 24.5 Å². The van der Waals surface area contributed by atoms with Gasteiger partial charge < -0.3 is 21.1 Å². The number of hydrogen-bond acceptors (Lipinski definition) is 6. The van der Waals surface area contributed by atoms with Gasteiger partial charge >= 0.3 is 6.18 Å². The standard InChI is InChI=1S/C19H20F3N5O2S/c20-19(21,22)11-3-4-13(24-9-11)14-5-6-15(26-14)17(29)27-16(8-23)18-25-12(10-30-18)2-1-7-28/h3-6,9-10,16,26,28H,1-2,7-8,23H2,(H,27,29). The molecule has 3 aromatic rings. The number of pyridine rings is 1. The first kappa shape index (κ1) is 21.9. The minimum atomic E-state index is -4.46. The van der Waals surface area contributed by atoms with Crippen LogP contribution in [0.1, 0.15) is 39.2 Å². The molecule has 11 heteroatoms. The lowest BCUT2D eigenvalue weighted by Gasteiger charge is -2.13. The summed E-state index contributed by atoms with van der Waals surface area (Å²) in [6.07, 6.45) is -2.47. The molecule has 3 rings (SSSR count). The molecule has 0 saturated carbocycles. The van der Waals surface area contributed by atoms with Crippen LogP contribution in [0, 0.1) is 0 Å². The maximum atomic E-state index is 12.7. The summed E-state index contributed by atoms with van der Waals surface area (Å²) in [4.78, 5) is 23.7. The number of aromatic amines is 1. The smallest absolute Gasteiger partial charge is 0.396 e. The van der Waals surface area contributed by atoms with Crippen LogP contribution in [0.5, 0.6) is 0 Å². The Balaban J connectivity index is 1.68. The van der Waals surface area contributed by atoms with Crippen LogP contribution in [-0.2, 0) is 12.6 Å². The molecule has 3 heterocycles. The zero-order valence-corrected chi connectivity index (χ0v) is 16.6. The lowest BCUT2D eigenvalue weighted by molar-refractivity contribution is -0.137. The maximum absolute atomic E-state index is 12.7. The van der Waals surface area contributed by atoms with Crippen molar-refractivity contribution in [1.29, 1.82) is 0 Å². The van der Waals surface area contributed by atoms with E-state index in [2.05, 4.69) is 20.3 Å². The van der Waals surface area contributed by atoms with Gasteiger partial charge in [-0.25, -0.2) is 4.98 Å². The normalized spacial score (nSPS) is 12.7. The van der Waals surface area contributed by atoms with Gasteiger partial charge in [0.05, 0.1) is 28.7 Å². The van der Waals surface area contributed by atoms with Crippen LogP contribution < -0.4 is 11.1 Å². The summed E-state index contributed by atoms with van der Waals surface area (Å²) >= 11 is 1.38. The number of nitrogens with one attached hydrogen (secondary N) is 2. The minimum Gasteiger partial charge on any atom is -0.396 e. The van der Waals surface area contributed by atoms with E-state index < -0.39 is 23.7 Å². The Kier molecular flexibility index (Phi) is 6.85. The topological polar surface area (TPSA) is 117 Å². The first-order chi connectivity index (χ1) is 14.3. The van der Waals surface area contributed by atoms with Gasteiger partial charge in [-0.05, 0) is 37.1 Å². The fraction of sp³-hybridized carbons (Fsp3) is 0.316. The van der Waals surface area contributed by atoms with Crippen molar-refractivity contribution in [2.24, 2.45) is 5.73 Å². The van der Waals surface area contributed by atoms with E-state index in [1.807, 2.05) is 5.38 Å². The lowest BCUT2D eigenvalue weighted by atomic mass is 10.2. The van der Waals surface area contributed by atoms with Gasteiger partial charge in [0.25, 0.3) is 5.91 Å². The number of amides is 1. The molecular formula is C19H20F3N5O2S. The van der Waals surface area contributed by atoms with Crippen molar-refractivity contribution < 1.29 is 23.1 Å². The van der Waals surface area contributed by atoms with Crippen LogP contribution in [0.3, 0.4) is 0 Å². The Bertz CT molecular complexity index is 985. The summed E-state index contributed by atoms with van der Waals surface area (Å²) < 4.78 is 38.0. The zero-order valence-electron chi connectivity index (χ0n) is 15.7. The van der Waals surface area contributed by atoms with Crippen LogP contribution in [0.4, 0.5) is 13.2 Å². The second-order valence-corrected chi connectivity index (χ2v) is 7.37. The summed E-state index contributed by atoms with van der Waals surface area (Å²) in [5.74, 6) is -0.421. The number of halogens is 3. The van der Waals surface area contributed by atoms with Crippen molar-refractivity contribution in [3.05, 3.63) is 57.8 Å². The van der Waals surface area contributed by atoms with Gasteiger partial charge in [0.15, 0.2) is 0 Å². The highest BCUT2D eigenvalue weighted by molar-refractivity contribution is 7.09. The number of aliphatic hydroxyl groups is 1. The number of carbonyl (C=O) groups is 1. The fourth-order valence-corrected chi connectivity index (χ4v) is 3.63. The molecule has 5 N–H and O–H groups in total. The van der Waals surface area contributed by atoms with E-state index in [4.69, 9.17) is 10.8 Å². The Morgan fingerprint density at radius 2 is 2.10 bits per heavy atom. The number of H-pyrrole nitrogens is 1. The predicted octanol–water partition coefficient (Wildman–Crippen LogP) is 2.91. The molecule has 0 aliphatic carbocycles. The average Bonchev–Trinajstić information content (AvgIpc) is 3.40. The molecule has 30 heavy (non-hydrogen) atoms. The van der Waals surface area contributed by atoms with Crippen LogP contribution in [-0.4, -0.2) is 39.1 Å². The first-order valence-electron chi connectivity index (χ1n) is 9.10. The number of carbonyl (C=O) groups excluding carboxylic acids is 1. The molecule has 7 nitrogen and oxygen atoms in total. The second kappa shape index (κ2) is 9.37. The fourth-order valence-electron chi connectivity index (χ4n) is 2.71. The summed E-state index contributed by atoms with van der Waals surface area (Å²) in [5.41, 5.74) is 6.69. The maximum Gasteiger partial charge on any atom is 0.417 e. The van der Waals surface area contributed by atoms with E-state index in [1.54, 1.807) is 6.07 Å². The lowest BCUT2D eigenvalue weighted by Crippen LogP contribution is -2.33. The third-order valence-electron chi connectivity index (χ3n) is 4.30. The largest absolute Gasteiger partial charge is 0.417 e.